The van der Waals surface area contributed by atoms with Gasteiger partial charge < -0.3 is 15.1 Å². The number of aliphatic carboxylic acids is 2. The van der Waals surface area contributed by atoms with E-state index in [1.807, 2.05) is 29.6 Å². The van der Waals surface area contributed by atoms with Crippen LogP contribution in [0.3, 0.4) is 0 Å². The molecule has 32 heavy (non-hydrogen) atoms. The topological polar surface area (TPSA) is 108 Å². The third kappa shape index (κ3) is 10.9. The van der Waals surface area contributed by atoms with Gasteiger partial charge in [0, 0.05) is 5.69 Å². The van der Waals surface area contributed by atoms with Crippen molar-refractivity contribution in [3.05, 3.63) is 45.8 Å². The number of thiophene rings is 1. The molecule has 0 fully saturated rings. The summed E-state index contributed by atoms with van der Waals surface area (Å²) in [6.45, 7) is 3.32. The number of aryl methyl sites for hydroxylation is 1. The van der Waals surface area contributed by atoms with Crippen molar-refractivity contribution in [2.45, 2.75) is 50.5 Å². The largest absolute Gasteiger partial charge is 0.473 e. The van der Waals surface area contributed by atoms with Gasteiger partial charge in [-0.1, -0.05) is 32.3 Å². The van der Waals surface area contributed by atoms with E-state index >= 15 is 0 Å². The Labute approximate surface area is 197 Å². The minimum atomic E-state index is -1.82. The smallest absolute Gasteiger partial charge is 0.414 e. The van der Waals surface area contributed by atoms with E-state index in [1.165, 1.54) is 37.0 Å². The maximum atomic E-state index is 12.8. The van der Waals surface area contributed by atoms with Gasteiger partial charge in [-0.05, 0) is 69.2 Å². The Morgan fingerprint density at radius 1 is 1.03 bits per heavy atom. The molecule has 2 aromatic heterocycles. The first-order chi connectivity index (χ1) is 15.3. The molecular formula is C23H32N2O5S2. The van der Waals surface area contributed by atoms with E-state index in [-0.39, 0.29) is 5.78 Å². The number of carbonyl (C=O) groups excluding carboxylic acids is 1. The number of carboxylic acid groups (broad SMARTS) is 2. The van der Waals surface area contributed by atoms with Crippen LogP contribution >= 0.6 is 23.1 Å². The summed E-state index contributed by atoms with van der Waals surface area (Å²) >= 11 is 3.24. The van der Waals surface area contributed by atoms with Crippen molar-refractivity contribution >= 4 is 40.8 Å². The molecule has 176 valence electrons. The highest BCUT2D eigenvalue weighted by Gasteiger charge is 2.16. The zero-order valence-electron chi connectivity index (χ0n) is 18.9. The predicted molar refractivity (Wildman–Crippen MR) is 129 cm³/mol. The average molecular weight is 481 g/mol. The summed E-state index contributed by atoms with van der Waals surface area (Å²) in [4.78, 5) is 38.8. The van der Waals surface area contributed by atoms with Gasteiger partial charge in [0.25, 0.3) is 0 Å². The molecule has 0 bridgehead atoms. The number of unbranched alkanes of at least 4 members (excludes halogenated alkanes) is 3. The van der Waals surface area contributed by atoms with Gasteiger partial charge in [0.15, 0.2) is 0 Å². The zero-order chi connectivity index (χ0) is 23.9. The molecule has 2 aromatic rings. The molecule has 0 unspecified atom stereocenters. The molecule has 0 amide bonds. The van der Waals surface area contributed by atoms with Crippen LogP contribution in [0, 0.1) is 0 Å². The Kier molecular flexibility index (Phi) is 13.5. The number of carbonyl (C=O) groups is 3. The SMILES string of the molecule is CCCc1ccc(C(=O)c2cccs2)c(SCCCCCCN(C)C)n1.O=C(O)C(=O)O. The Morgan fingerprint density at radius 3 is 2.28 bits per heavy atom. The van der Waals surface area contributed by atoms with Crippen LogP contribution in [0.2, 0.25) is 0 Å². The molecule has 9 heteroatoms. The molecule has 0 aliphatic heterocycles. The lowest BCUT2D eigenvalue weighted by molar-refractivity contribution is -0.159. The molecule has 0 spiro atoms. The Bertz CT molecular complexity index is 842. The van der Waals surface area contributed by atoms with E-state index in [1.54, 1.807) is 11.8 Å². The fraction of sp³-hybridized carbons (Fsp3) is 0.478. The molecule has 0 aliphatic carbocycles. The number of rotatable bonds is 12. The highest BCUT2D eigenvalue weighted by atomic mass is 32.2. The molecule has 2 heterocycles. The molecule has 0 atom stereocenters. The van der Waals surface area contributed by atoms with Crippen molar-refractivity contribution in [3.63, 3.8) is 0 Å². The van der Waals surface area contributed by atoms with Crippen molar-refractivity contribution < 1.29 is 24.6 Å². The number of hydrogen-bond acceptors (Lipinski definition) is 7. The minimum Gasteiger partial charge on any atom is -0.473 e. The van der Waals surface area contributed by atoms with Gasteiger partial charge in [0.2, 0.25) is 5.78 Å². The van der Waals surface area contributed by atoms with Crippen molar-refractivity contribution in [3.8, 4) is 0 Å². The number of carboxylic acids is 2. The first-order valence-electron chi connectivity index (χ1n) is 10.6. The van der Waals surface area contributed by atoms with E-state index < -0.39 is 11.9 Å². The second kappa shape index (κ2) is 15.6. The van der Waals surface area contributed by atoms with Crippen molar-refractivity contribution in [1.29, 1.82) is 0 Å². The molecule has 7 nitrogen and oxygen atoms in total. The summed E-state index contributed by atoms with van der Waals surface area (Å²) in [7, 11) is 4.24. The lowest BCUT2D eigenvalue weighted by Crippen LogP contribution is -2.12. The fourth-order valence-corrected chi connectivity index (χ4v) is 4.47. The summed E-state index contributed by atoms with van der Waals surface area (Å²) in [5.41, 5.74) is 1.84. The third-order valence-electron chi connectivity index (χ3n) is 4.34. The van der Waals surface area contributed by atoms with Crippen LogP contribution < -0.4 is 0 Å². The van der Waals surface area contributed by atoms with Gasteiger partial charge in [-0.15, -0.1) is 23.1 Å². The summed E-state index contributed by atoms with van der Waals surface area (Å²) in [5, 5.41) is 17.6. The standard InChI is InChI=1S/C21H30N2OS2.C2H2O4/c1-4-10-17-12-13-18(20(24)19-11-9-16-25-19)21(22-17)26-15-8-6-5-7-14-23(2)3;3-1(4)2(5)6/h9,11-13,16H,4-8,10,14-15H2,1-3H3;(H,3,4)(H,5,6). The number of nitrogens with zero attached hydrogens (tertiary/aromatic N) is 2. The fourth-order valence-electron chi connectivity index (χ4n) is 2.75. The maximum Gasteiger partial charge on any atom is 0.414 e. The first-order valence-corrected chi connectivity index (χ1v) is 12.4. The molecule has 2 N–H and O–H groups in total. The van der Waals surface area contributed by atoms with Crippen molar-refractivity contribution in [2.75, 3.05) is 26.4 Å². The normalized spacial score (nSPS) is 10.5. The lowest BCUT2D eigenvalue weighted by atomic mass is 10.1. The van der Waals surface area contributed by atoms with Gasteiger partial charge in [-0.3, -0.25) is 4.79 Å². The molecule has 0 radical (unpaired) electrons. The molecular weight excluding hydrogens is 448 g/mol. The van der Waals surface area contributed by atoms with Crippen LogP contribution in [0.15, 0.2) is 34.7 Å². The zero-order valence-corrected chi connectivity index (χ0v) is 20.5. The molecule has 0 aliphatic rings. The van der Waals surface area contributed by atoms with Gasteiger partial charge in [0.05, 0.1) is 10.4 Å². The lowest BCUT2D eigenvalue weighted by Gasteiger charge is -2.10. The highest BCUT2D eigenvalue weighted by Crippen LogP contribution is 2.26. The van der Waals surface area contributed by atoms with Crippen LogP contribution in [0.25, 0.3) is 0 Å². The quantitative estimate of drug-likeness (QED) is 0.195. The summed E-state index contributed by atoms with van der Waals surface area (Å²) < 4.78 is 0. The van der Waals surface area contributed by atoms with E-state index in [4.69, 9.17) is 24.8 Å². The highest BCUT2D eigenvalue weighted by molar-refractivity contribution is 7.99. The molecule has 0 saturated carbocycles. The number of ketones is 1. The maximum absolute atomic E-state index is 12.8. The van der Waals surface area contributed by atoms with E-state index in [2.05, 4.69) is 25.9 Å². The average Bonchev–Trinajstić information content (AvgIpc) is 3.28. The Hall–Kier alpha value is -2.23. The van der Waals surface area contributed by atoms with Crippen LogP contribution in [-0.4, -0.2) is 64.2 Å². The Morgan fingerprint density at radius 2 is 1.72 bits per heavy atom. The third-order valence-corrected chi connectivity index (χ3v) is 6.28. The number of hydrogen-bond donors (Lipinski definition) is 2. The molecule has 0 aromatic carbocycles. The number of aromatic nitrogens is 1. The van der Waals surface area contributed by atoms with E-state index in [0.29, 0.717) is 0 Å². The summed E-state index contributed by atoms with van der Waals surface area (Å²) in [5.74, 6) is -2.52. The van der Waals surface area contributed by atoms with Crippen LogP contribution in [0.4, 0.5) is 0 Å². The van der Waals surface area contributed by atoms with Gasteiger partial charge in [-0.2, -0.15) is 0 Å². The molecule has 2 rings (SSSR count). The summed E-state index contributed by atoms with van der Waals surface area (Å²) in [6, 6.07) is 7.80. The second-order valence-electron chi connectivity index (χ2n) is 7.39. The predicted octanol–water partition coefficient (Wildman–Crippen LogP) is 4.70. The number of pyridine rings is 1. The first kappa shape index (κ1) is 27.8. The van der Waals surface area contributed by atoms with Crippen LogP contribution in [0.1, 0.15) is 60.0 Å². The van der Waals surface area contributed by atoms with Gasteiger partial charge in [-0.25, -0.2) is 14.6 Å². The minimum absolute atomic E-state index is 0.101. The van der Waals surface area contributed by atoms with Gasteiger partial charge >= 0.3 is 11.9 Å². The summed E-state index contributed by atoms with van der Waals surface area (Å²) in [6.07, 6.45) is 6.97. The second-order valence-corrected chi connectivity index (χ2v) is 9.42. The van der Waals surface area contributed by atoms with Gasteiger partial charge in [0.1, 0.15) is 5.03 Å². The molecule has 0 saturated heterocycles. The van der Waals surface area contributed by atoms with Crippen molar-refractivity contribution in [2.24, 2.45) is 0 Å². The van der Waals surface area contributed by atoms with E-state index in [9.17, 15) is 4.79 Å². The Balaban J connectivity index is 0.000000751. The number of thioether (sulfide) groups is 1. The van der Waals surface area contributed by atoms with Crippen molar-refractivity contribution in [1.82, 2.24) is 9.88 Å². The van der Waals surface area contributed by atoms with Crippen LogP contribution in [-0.2, 0) is 16.0 Å². The van der Waals surface area contributed by atoms with Crippen LogP contribution in [0.5, 0.6) is 0 Å². The van der Waals surface area contributed by atoms with E-state index in [0.717, 1.165) is 46.3 Å². The monoisotopic (exact) mass is 480 g/mol.